The van der Waals surface area contributed by atoms with E-state index < -0.39 is 0 Å². The van der Waals surface area contributed by atoms with Crippen molar-refractivity contribution >= 4 is 0 Å². The highest BCUT2D eigenvalue weighted by atomic mass is 16.5. The number of nitrogens with zero attached hydrogens (tertiary/aromatic N) is 1. The average molecular weight is 164 g/mol. The van der Waals surface area contributed by atoms with Crippen LogP contribution >= 0.6 is 0 Å². The molecule has 1 aliphatic heterocycles. The van der Waals surface area contributed by atoms with E-state index in [4.69, 9.17) is 4.74 Å². The standard InChI is InChI=1S/C9H12N2O/c1-7-6-12-9(11-7)8-4-2-3-5-10-8/h2-5,7,9,11H,6H2,1H3. The molecular weight excluding hydrogens is 152 g/mol. The van der Waals surface area contributed by atoms with Gasteiger partial charge >= 0.3 is 0 Å². The molecule has 1 aromatic heterocycles. The summed E-state index contributed by atoms with van der Waals surface area (Å²) in [5.41, 5.74) is 0.960. The Labute approximate surface area is 71.8 Å². The van der Waals surface area contributed by atoms with Crippen LogP contribution in [0.5, 0.6) is 0 Å². The molecule has 12 heavy (non-hydrogen) atoms. The van der Waals surface area contributed by atoms with Crippen LogP contribution in [0.1, 0.15) is 18.8 Å². The van der Waals surface area contributed by atoms with E-state index in [-0.39, 0.29) is 6.23 Å². The van der Waals surface area contributed by atoms with E-state index in [9.17, 15) is 0 Å². The summed E-state index contributed by atoms with van der Waals surface area (Å²) in [7, 11) is 0. The predicted molar refractivity (Wildman–Crippen MR) is 45.5 cm³/mol. The number of rotatable bonds is 1. The molecule has 2 unspecified atom stereocenters. The van der Waals surface area contributed by atoms with Crippen LogP contribution in [0.15, 0.2) is 24.4 Å². The molecule has 0 amide bonds. The molecule has 0 radical (unpaired) electrons. The molecule has 1 aromatic rings. The zero-order chi connectivity index (χ0) is 8.39. The fourth-order valence-electron chi connectivity index (χ4n) is 1.30. The van der Waals surface area contributed by atoms with Crippen LogP contribution in [-0.4, -0.2) is 17.6 Å². The van der Waals surface area contributed by atoms with Crippen molar-refractivity contribution in [3.8, 4) is 0 Å². The van der Waals surface area contributed by atoms with Crippen molar-refractivity contribution in [2.45, 2.75) is 19.2 Å². The minimum absolute atomic E-state index is 0.0128. The van der Waals surface area contributed by atoms with Crippen LogP contribution in [0.2, 0.25) is 0 Å². The Kier molecular flexibility index (Phi) is 2.06. The Balaban J connectivity index is 2.11. The lowest BCUT2D eigenvalue weighted by molar-refractivity contribution is 0.0976. The molecule has 0 spiro atoms. The quantitative estimate of drug-likeness (QED) is 0.674. The van der Waals surface area contributed by atoms with Crippen molar-refractivity contribution in [2.75, 3.05) is 6.61 Å². The molecule has 1 saturated heterocycles. The van der Waals surface area contributed by atoms with Gasteiger partial charge in [0.2, 0.25) is 0 Å². The summed E-state index contributed by atoms with van der Waals surface area (Å²) in [4.78, 5) is 4.21. The van der Waals surface area contributed by atoms with Gasteiger partial charge in [0, 0.05) is 12.2 Å². The van der Waals surface area contributed by atoms with Gasteiger partial charge < -0.3 is 4.74 Å². The predicted octanol–water partition coefficient (Wildman–Crippen LogP) is 1.09. The molecule has 0 saturated carbocycles. The van der Waals surface area contributed by atoms with Crippen molar-refractivity contribution in [1.29, 1.82) is 0 Å². The Morgan fingerprint density at radius 1 is 1.58 bits per heavy atom. The number of pyridine rings is 1. The number of nitrogens with one attached hydrogen (secondary N) is 1. The fraction of sp³-hybridized carbons (Fsp3) is 0.444. The first kappa shape index (κ1) is 7.71. The van der Waals surface area contributed by atoms with Gasteiger partial charge in [-0.2, -0.15) is 0 Å². The molecule has 3 nitrogen and oxygen atoms in total. The van der Waals surface area contributed by atoms with Crippen LogP contribution < -0.4 is 5.32 Å². The lowest BCUT2D eigenvalue weighted by Gasteiger charge is -2.08. The topological polar surface area (TPSA) is 34.1 Å². The second-order valence-corrected chi connectivity index (χ2v) is 3.04. The number of hydrogen-bond donors (Lipinski definition) is 1. The van der Waals surface area contributed by atoms with E-state index in [1.165, 1.54) is 0 Å². The number of aromatic nitrogens is 1. The molecule has 0 aliphatic carbocycles. The third-order valence-corrected chi connectivity index (χ3v) is 1.91. The third-order valence-electron chi connectivity index (χ3n) is 1.91. The maximum atomic E-state index is 5.48. The van der Waals surface area contributed by atoms with Gasteiger partial charge in [0.15, 0.2) is 6.23 Å². The molecule has 0 aromatic carbocycles. The SMILES string of the molecule is CC1COC(c2ccccn2)N1. The second kappa shape index (κ2) is 3.21. The van der Waals surface area contributed by atoms with Crippen molar-refractivity contribution in [3.63, 3.8) is 0 Å². The summed E-state index contributed by atoms with van der Waals surface area (Å²) in [5.74, 6) is 0. The lowest BCUT2D eigenvalue weighted by atomic mass is 10.3. The first-order valence-corrected chi connectivity index (χ1v) is 4.15. The van der Waals surface area contributed by atoms with E-state index >= 15 is 0 Å². The van der Waals surface area contributed by atoms with Gasteiger partial charge in [-0.1, -0.05) is 6.07 Å². The molecule has 64 valence electrons. The molecule has 3 heteroatoms. The summed E-state index contributed by atoms with van der Waals surface area (Å²) >= 11 is 0. The van der Waals surface area contributed by atoms with E-state index in [1.54, 1.807) is 6.20 Å². The van der Waals surface area contributed by atoms with Gasteiger partial charge in [-0.3, -0.25) is 10.3 Å². The smallest absolute Gasteiger partial charge is 0.151 e. The maximum Gasteiger partial charge on any atom is 0.151 e. The molecule has 2 rings (SSSR count). The van der Waals surface area contributed by atoms with E-state index in [1.807, 2.05) is 18.2 Å². The van der Waals surface area contributed by atoms with Crippen molar-refractivity contribution in [3.05, 3.63) is 30.1 Å². The largest absolute Gasteiger partial charge is 0.356 e. The zero-order valence-electron chi connectivity index (χ0n) is 7.03. The number of ether oxygens (including phenoxy) is 1. The molecular formula is C9H12N2O. The summed E-state index contributed by atoms with van der Waals surface area (Å²) in [6.07, 6.45) is 1.77. The first-order valence-electron chi connectivity index (χ1n) is 4.15. The fourth-order valence-corrected chi connectivity index (χ4v) is 1.30. The Bertz CT molecular complexity index is 250. The van der Waals surface area contributed by atoms with Crippen LogP contribution in [0.4, 0.5) is 0 Å². The Morgan fingerprint density at radius 3 is 3.08 bits per heavy atom. The first-order chi connectivity index (χ1) is 5.86. The van der Waals surface area contributed by atoms with Gasteiger partial charge in [-0.05, 0) is 19.1 Å². The third kappa shape index (κ3) is 1.47. The zero-order valence-corrected chi connectivity index (χ0v) is 7.03. The summed E-state index contributed by atoms with van der Waals surface area (Å²) in [5, 5.41) is 3.29. The van der Waals surface area contributed by atoms with Crippen LogP contribution in [-0.2, 0) is 4.74 Å². The molecule has 2 heterocycles. The minimum atomic E-state index is -0.0128. The average Bonchev–Trinajstić information content (AvgIpc) is 2.54. The van der Waals surface area contributed by atoms with Crippen LogP contribution in [0, 0.1) is 0 Å². The highest BCUT2D eigenvalue weighted by molar-refractivity contribution is 5.07. The monoisotopic (exact) mass is 164 g/mol. The van der Waals surface area contributed by atoms with Gasteiger partial charge in [0.1, 0.15) is 0 Å². The van der Waals surface area contributed by atoms with E-state index in [0.29, 0.717) is 6.04 Å². The van der Waals surface area contributed by atoms with Crippen molar-refractivity contribution < 1.29 is 4.74 Å². The highest BCUT2D eigenvalue weighted by Crippen LogP contribution is 2.17. The molecule has 1 aliphatic rings. The van der Waals surface area contributed by atoms with Gasteiger partial charge in [-0.15, -0.1) is 0 Å². The molecule has 2 atom stereocenters. The second-order valence-electron chi connectivity index (χ2n) is 3.04. The van der Waals surface area contributed by atoms with Crippen molar-refractivity contribution in [1.82, 2.24) is 10.3 Å². The summed E-state index contributed by atoms with van der Waals surface area (Å²) in [6.45, 7) is 2.87. The molecule has 0 bridgehead atoms. The van der Waals surface area contributed by atoms with E-state index in [0.717, 1.165) is 12.3 Å². The summed E-state index contributed by atoms with van der Waals surface area (Å²) in [6, 6.07) is 6.27. The highest BCUT2D eigenvalue weighted by Gasteiger charge is 2.22. The van der Waals surface area contributed by atoms with Crippen molar-refractivity contribution in [2.24, 2.45) is 0 Å². The van der Waals surface area contributed by atoms with Crippen LogP contribution in [0.25, 0.3) is 0 Å². The molecule has 1 N–H and O–H groups in total. The Hall–Kier alpha value is -0.930. The normalized spacial score (nSPS) is 29.1. The molecule has 1 fully saturated rings. The minimum Gasteiger partial charge on any atom is -0.356 e. The summed E-state index contributed by atoms with van der Waals surface area (Å²) < 4.78 is 5.48. The van der Waals surface area contributed by atoms with Gasteiger partial charge in [-0.25, -0.2) is 0 Å². The van der Waals surface area contributed by atoms with Gasteiger partial charge in [0.25, 0.3) is 0 Å². The lowest BCUT2D eigenvalue weighted by Crippen LogP contribution is -2.22. The maximum absolute atomic E-state index is 5.48. The van der Waals surface area contributed by atoms with Crippen LogP contribution in [0.3, 0.4) is 0 Å². The van der Waals surface area contributed by atoms with E-state index in [2.05, 4.69) is 17.2 Å². The number of hydrogen-bond acceptors (Lipinski definition) is 3. The van der Waals surface area contributed by atoms with Gasteiger partial charge in [0.05, 0.1) is 12.3 Å². The Morgan fingerprint density at radius 2 is 2.50 bits per heavy atom.